The molecule has 2 aromatic carbocycles. The third kappa shape index (κ3) is 5.01. The van der Waals surface area contributed by atoms with E-state index in [4.69, 9.17) is 4.74 Å². The van der Waals surface area contributed by atoms with Gasteiger partial charge in [0.25, 0.3) is 5.91 Å². The average molecular weight is 462 g/mol. The van der Waals surface area contributed by atoms with Gasteiger partial charge in [-0.05, 0) is 56.7 Å². The minimum Gasteiger partial charge on any atom is -0.448 e. The van der Waals surface area contributed by atoms with Crippen LogP contribution in [0.2, 0.25) is 0 Å². The number of amides is 1. The molecule has 1 atom stereocenters. The van der Waals surface area contributed by atoms with Crippen molar-refractivity contribution < 1.29 is 19.1 Å². The van der Waals surface area contributed by atoms with Crippen molar-refractivity contribution in [3.8, 4) is 0 Å². The molecule has 7 nitrogen and oxygen atoms in total. The average Bonchev–Trinajstić information content (AvgIpc) is 3.36. The maximum absolute atomic E-state index is 12.7. The van der Waals surface area contributed by atoms with Crippen molar-refractivity contribution >= 4 is 44.9 Å². The van der Waals surface area contributed by atoms with Gasteiger partial charge in [0.1, 0.15) is 9.71 Å². The number of ether oxygens (including phenoxy) is 1. The molecule has 0 saturated heterocycles. The largest absolute Gasteiger partial charge is 0.448 e. The van der Waals surface area contributed by atoms with E-state index in [2.05, 4.69) is 10.4 Å². The van der Waals surface area contributed by atoms with Crippen molar-refractivity contribution in [2.75, 3.05) is 5.32 Å². The molecule has 0 radical (unpaired) electrons. The van der Waals surface area contributed by atoms with E-state index in [1.54, 1.807) is 30.3 Å². The summed E-state index contributed by atoms with van der Waals surface area (Å²) in [5.41, 5.74) is 3.02. The second-order valence-corrected chi connectivity index (χ2v) is 8.76. The normalized spacial score (nSPS) is 11.8. The zero-order valence-electron chi connectivity index (χ0n) is 18.5. The number of ketones is 1. The van der Waals surface area contributed by atoms with Crippen LogP contribution in [0.25, 0.3) is 10.2 Å². The lowest BCUT2D eigenvalue weighted by molar-refractivity contribution is -0.123. The number of hydrogen-bond acceptors (Lipinski definition) is 6. The minimum absolute atomic E-state index is 0.0550. The highest BCUT2D eigenvalue weighted by atomic mass is 32.1. The molecular weight excluding hydrogens is 438 g/mol. The molecular formula is C25H23N3O4S. The number of esters is 1. The monoisotopic (exact) mass is 461 g/mol. The Labute approximate surface area is 195 Å². The first kappa shape index (κ1) is 22.4. The van der Waals surface area contributed by atoms with Gasteiger partial charge in [-0.1, -0.05) is 30.3 Å². The van der Waals surface area contributed by atoms with Crippen LogP contribution in [0.3, 0.4) is 0 Å². The molecule has 0 aliphatic rings. The lowest BCUT2D eigenvalue weighted by Gasteiger charge is -2.13. The number of thiophene rings is 1. The van der Waals surface area contributed by atoms with Crippen LogP contribution in [0.1, 0.15) is 45.1 Å². The number of anilines is 1. The van der Waals surface area contributed by atoms with Gasteiger partial charge in [0.05, 0.1) is 12.2 Å². The second kappa shape index (κ2) is 9.38. The Balaban J connectivity index is 1.44. The van der Waals surface area contributed by atoms with Gasteiger partial charge in [-0.3, -0.25) is 14.3 Å². The molecule has 168 valence electrons. The summed E-state index contributed by atoms with van der Waals surface area (Å²) in [4.78, 5) is 37.9. The third-order valence-electron chi connectivity index (χ3n) is 5.20. The fourth-order valence-corrected chi connectivity index (χ4v) is 4.42. The third-order valence-corrected chi connectivity index (χ3v) is 6.32. The Bertz CT molecular complexity index is 1320. The van der Waals surface area contributed by atoms with Crippen LogP contribution in [-0.2, 0) is 16.1 Å². The number of aromatic nitrogens is 2. The number of hydrogen-bond donors (Lipinski definition) is 1. The molecule has 2 aromatic heterocycles. The Hall–Kier alpha value is -3.78. The quantitative estimate of drug-likeness (QED) is 0.314. The molecule has 1 amide bonds. The summed E-state index contributed by atoms with van der Waals surface area (Å²) in [6, 6.07) is 18.3. The van der Waals surface area contributed by atoms with Crippen molar-refractivity contribution in [3.63, 3.8) is 0 Å². The van der Waals surface area contributed by atoms with Crippen molar-refractivity contribution in [1.82, 2.24) is 9.78 Å². The summed E-state index contributed by atoms with van der Waals surface area (Å²) in [5, 5.41) is 8.18. The van der Waals surface area contributed by atoms with Crippen molar-refractivity contribution in [1.29, 1.82) is 0 Å². The number of Topliss-reactive ketones (excluding diaryl/α,β-unsaturated/α-hetero) is 1. The molecule has 2 heterocycles. The molecule has 0 aliphatic heterocycles. The number of carbonyl (C=O) groups excluding carboxylic acids is 3. The maximum atomic E-state index is 12.7. The molecule has 0 saturated carbocycles. The molecule has 33 heavy (non-hydrogen) atoms. The number of nitrogens with zero attached hydrogens (tertiary/aromatic N) is 2. The van der Waals surface area contributed by atoms with E-state index < -0.39 is 18.0 Å². The van der Waals surface area contributed by atoms with Crippen LogP contribution in [0.15, 0.2) is 60.7 Å². The van der Waals surface area contributed by atoms with Gasteiger partial charge in [-0.2, -0.15) is 5.10 Å². The molecule has 4 rings (SSSR count). The van der Waals surface area contributed by atoms with Crippen LogP contribution in [0.5, 0.6) is 0 Å². The predicted octanol–water partition coefficient (Wildman–Crippen LogP) is 4.84. The molecule has 0 spiro atoms. The summed E-state index contributed by atoms with van der Waals surface area (Å²) < 4.78 is 7.28. The maximum Gasteiger partial charge on any atom is 0.349 e. The topological polar surface area (TPSA) is 90.3 Å². The highest BCUT2D eigenvalue weighted by molar-refractivity contribution is 7.20. The molecule has 0 fully saturated rings. The first-order valence-electron chi connectivity index (χ1n) is 10.5. The van der Waals surface area contributed by atoms with E-state index in [1.807, 2.05) is 41.9 Å². The zero-order valence-corrected chi connectivity index (χ0v) is 19.3. The standard InChI is InChI=1S/C25H23N3O4S/c1-15-21-13-22(33-24(21)28(27-15)14-18-7-5-4-6-8-18)25(31)32-17(3)23(30)26-20-11-9-19(10-12-20)16(2)29/h4-13,17H,14H2,1-3H3,(H,26,30). The smallest absolute Gasteiger partial charge is 0.349 e. The number of benzene rings is 2. The fourth-order valence-electron chi connectivity index (χ4n) is 3.38. The van der Waals surface area contributed by atoms with Gasteiger partial charge in [0.2, 0.25) is 0 Å². The fraction of sp³-hybridized carbons (Fsp3) is 0.200. The lowest BCUT2D eigenvalue weighted by atomic mass is 10.1. The number of fused-ring (bicyclic) bond motifs is 1. The number of aryl methyl sites for hydroxylation is 1. The summed E-state index contributed by atoms with van der Waals surface area (Å²) >= 11 is 1.30. The van der Waals surface area contributed by atoms with E-state index in [0.717, 1.165) is 21.5 Å². The van der Waals surface area contributed by atoms with Gasteiger partial charge in [0.15, 0.2) is 11.9 Å². The summed E-state index contributed by atoms with van der Waals surface area (Å²) in [6.45, 7) is 5.50. The highest BCUT2D eigenvalue weighted by Crippen LogP contribution is 2.29. The second-order valence-electron chi connectivity index (χ2n) is 7.73. The van der Waals surface area contributed by atoms with Gasteiger partial charge in [-0.15, -0.1) is 11.3 Å². The lowest BCUT2D eigenvalue weighted by Crippen LogP contribution is -2.29. The Morgan fingerprint density at radius 3 is 2.45 bits per heavy atom. The van der Waals surface area contributed by atoms with Gasteiger partial charge in [0, 0.05) is 16.6 Å². The van der Waals surface area contributed by atoms with Crippen LogP contribution < -0.4 is 5.32 Å². The number of rotatable bonds is 7. The first-order chi connectivity index (χ1) is 15.8. The number of nitrogens with one attached hydrogen (secondary N) is 1. The molecule has 0 aliphatic carbocycles. The van der Waals surface area contributed by atoms with Gasteiger partial charge < -0.3 is 10.1 Å². The summed E-state index contributed by atoms with van der Waals surface area (Å²) in [7, 11) is 0. The number of carbonyl (C=O) groups is 3. The molecule has 0 bridgehead atoms. The van der Waals surface area contributed by atoms with Gasteiger partial charge in [-0.25, -0.2) is 4.79 Å². The van der Waals surface area contributed by atoms with Crippen LogP contribution in [-0.4, -0.2) is 33.5 Å². The van der Waals surface area contributed by atoms with Crippen LogP contribution in [0.4, 0.5) is 5.69 Å². The molecule has 4 aromatic rings. The van der Waals surface area contributed by atoms with E-state index in [1.165, 1.54) is 25.2 Å². The summed E-state index contributed by atoms with van der Waals surface area (Å²) in [6.07, 6.45) is -0.989. The predicted molar refractivity (Wildman–Crippen MR) is 128 cm³/mol. The van der Waals surface area contributed by atoms with Crippen LogP contribution in [0, 0.1) is 6.92 Å². The van der Waals surface area contributed by atoms with E-state index >= 15 is 0 Å². The van der Waals surface area contributed by atoms with E-state index in [0.29, 0.717) is 22.7 Å². The van der Waals surface area contributed by atoms with Crippen molar-refractivity contribution in [2.24, 2.45) is 0 Å². The molecule has 8 heteroatoms. The minimum atomic E-state index is -0.989. The Morgan fingerprint density at radius 2 is 1.79 bits per heavy atom. The Kier molecular flexibility index (Phi) is 6.37. The molecule has 1 N–H and O–H groups in total. The van der Waals surface area contributed by atoms with E-state index in [-0.39, 0.29) is 5.78 Å². The first-order valence-corrected chi connectivity index (χ1v) is 11.3. The van der Waals surface area contributed by atoms with Gasteiger partial charge >= 0.3 is 5.97 Å². The zero-order chi connectivity index (χ0) is 23.5. The Morgan fingerprint density at radius 1 is 1.09 bits per heavy atom. The van der Waals surface area contributed by atoms with Crippen LogP contribution >= 0.6 is 11.3 Å². The van der Waals surface area contributed by atoms with E-state index in [9.17, 15) is 14.4 Å². The van der Waals surface area contributed by atoms with Crippen molar-refractivity contribution in [3.05, 3.63) is 82.4 Å². The molecule has 1 unspecified atom stereocenters. The van der Waals surface area contributed by atoms with Crippen molar-refractivity contribution in [2.45, 2.75) is 33.4 Å². The SMILES string of the molecule is CC(=O)c1ccc(NC(=O)C(C)OC(=O)c2cc3c(C)nn(Cc4ccccc4)c3s2)cc1. The summed E-state index contributed by atoms with van der Waals surface area (Å²) in [5.74, 6) is -1.07. The highest BCUT2D eigenvalue weighted by Gasteiger charge is 2.22.